The first-order chi connectivity index (χ1) is 9.29. The second kappa shape index (κ2) is 5.55. The van der Waals surface area contributed by atoms with Crippen molar-refractivity contribution in [1.29, 1.82) is 0 Å². The van der Waals surface area contributed by atoms with Crippen molar-refractivity contribution in [3.05, 3.63) is 58.1 Å². The van der Waals surface area contributed by atoms with Gasteiger partial charge in [-0.3, -0.25) is 4.72 Å². The number of halogens is 4. The van der Waals surface area contributed by atoms with Crippen LogP contribution in [-0.4, -0.2) is 8.42 Å². The van der Waals surface area contributed by atoms with Gasteiger partial charge in [0.15, 0.2) is 0 Å². The Hall–Kier alpha value is -1.37. The third-order valence-electron chi connectivity index (χ3n) is 2.36. The predicted molar refractivity (Wildman–Crippen MR) is 73.6 cm³/mol. The van der Waals surface area contributed by atoms with E-state index in [1.807, 2.05) is 4.72 Å². The fourth-order valence-electron chi connectivity index (χ4n) is 1.47. The van der Waals surface area contributed by atoms with Crippen LogP contribution in [0.25, 0.3) is 0 Å². The van der Waals surface area contributed by atoms with Crippen molar-refractivity contribution in [3.63, 3.8) is 0 Å². The fraction of sp³-hybridized carbons (Fsp3) is 0. The molecule has 0 aliphatic rings. The molecule has 0 spiro atoms. The van der Waals surface area contributed by atoms with Crippen LogP contribution in [0.2, 0.25) is 10.0 Å². The quantitative estimate of drug-likeness (QED) is 0.917. The molecule has 0 aliphatic carbocycles. The number of sulfonamides is 1. The van der Waals surface area contributed by atoms with Crippen molar-refractivity contribution >= 4 is 38.9 Å². The molecular formula is C12H7Cl2F2NO2S. The lowest BCUT2D eigenvalue weighted by Crippen LogP contribution is -2.15. The van der Waals surface area contributed by atoms with Crippen LogP contribution in [0.15, 0.2) is 41.3 Å². The molecule has 0 fully saturated rings. The molecule has 0 saturated heterocycles. The van der Waals surface area contributed by atoms with Crippen LogP contribution in [0, 0.1) is 11.6 Å². The molecule has 20 heavy (non-hydrogen) atoms. The van der Waals surface area contributed by atoms with Crippen molar-refractivity contribution in [1.82, 2.24) is 0 Å². The highest BCUT2D eigenvalue weighted by Crippen LogP contribution is 2.24. The molecule has 0 bridgehead atoms. The van der Waals surface area contributed by atoms with Crippen LogP contribution in [0.5, 0.6) is 0 Å². The lowest BCUT2D eigenvalue weighted by atomic mass is 10.3. The van der Waals surface area contributed by atoms with Crippen molar-refractivity contribution in [2.45, 2.75) is 4.90 Å². The van der Waals surface area contributed by atoms with E-state index in [4.69, 9.17) is 23.2 Å². The Kier molecular flexibility index (Phi) is 4.17. The summed E-state index contributed by atoms with van der Waals surface area (Å²) in [5, 5.41) is 0.169. The van der Waals surface area contributed by atoms with Crippen LogP contribution >= 0.6 is 23.2 Å². The topological polar surface area (TPSA) is 46.2 Å². The number of hydrogen-bond acceptors (Lipinski definition) is 2. The minimum absolute atomic E-state index is 0.0547. The van der Waals surface area contributed by atoms with Gasteiger partial charge in [-0.15, -0.1) is 0 Å². The molecule has 0 aliphatic heterocycles. The van der Waals surface area contributed by atoms with E-state index < -0.39 is 26.6 Å². The van der Waals surface area contributed by atoms with E-state index in [0.29, 0.717) is 0 Å². The lowest BCUT2D eigenvalue weighted by molar-refractivity contribution is 0.569. The molecule has 0 atom stereocenters. The van der Waals surface area contributed by atoms with Crippen LogP contribution in [-0.2, 0) is 10.0 Å². The maximum absolute atomic E-state index is 13.6. The smallest absolute Gasteiger partial charge is 0.264 e. The molecule has 106 valence electrons. The Bertz CT molecular complexity index is 766. The van der Waals surface area contributed by atoms with Crippen molar-refractivity contribution < 1.29 is 17.2 Å². The Morgan fingerprint density at radius 1 is 0.900 bits per heavy atom. The summed E-state index contributed by atoms with van der Waals surface area (Å²) in [4.78, 5) is -0.628. The number of nitrogens with one attached hydrogen (secondary N) is 1. The number of anilines is 1. The van der Waals surface area contributed by atoms with Crippen molar-refractivity contribution in [3.8, 4) is 0 Å². The van der Waals surface area contributed by atoms with Gasteiger partial charge in [0.2, 0.25) is 0 Å². The zero-order valence-corrected chi connectivity index (χ0v) is 12.0. The van der Waals surface area contributed by atoms with E-state index in [9.17, 15) is 17.2 Å². The Labute approximate surface area is 124 Å². The first-order valence-corrected chi connectivity index (χ1v) is 7.46. The molecule has 2 aromatic carbocycles. The summed E-state index contributed by atoms with van der Waals surface area (Å²) >= 11 is 11.1. The second-order valence-corrected chi connectivity index (χ2v) is 6.33. The standard InChI is InChI=1S/C12H7Cl2F2NO2S/c13-7-1-3-11(9(15)5-7)17-20(18,19)12-4-2-8(14)6-10(12)16/h1-6,17H. The predicted octanol–water partition coefficient (Wildman–Crippen LogP) is 4.07. The van der Waals surface area contributed by atoms with E-state index in [2.05, 4.69) is 0 Å². The minimum Gasteiger partial charge on any atom is -0.277 e. The molecule has 0 saturated carbocycles. The van der Waals surface area contributed by atoms with Gasteiger partial charge in [-0.1, -0.05) is 23.2 Å². The zero-order chi connectivity index (χ0) is 14.9. The fourth-order valence-corrected chi connectivity index (χ4v) is 2.91. The van der Waals surface area contributed by atoms with Gasteiger partial charge < -0.3 is 0 Å². The molecule has 2 aromatic rings. The first kappa shape index (κ1) is 15.0. The third kappa shape index (κ3) is 3.20. The molecule has 0 aromatic heterocycles. The largest absolute Gasteiger partial charge is 0.277 e. The number of rotatable bonds is 3. The van der Waals surface area contributed by atoms with Gasteiger partial charge in [0.1, 0.15) is 16.5 Å². The van der Waals surface area contributed by atoms with Crippen molar-refractivity contribution in [2.24, 2.45) is 0 Å². The van der Waals surface area contributed by atoms with E-state index >= 15 is 0 Å². The number of benzene rings is 2. The van der Waals surface area contributed by atoms with Gasteiger partial charge in [-0.25, -0.2) is 17.2 Å². The average Bonchev–Trinajstić information content (AvgIpc) is 2.32. The molecule has 0 unspecified atom stereocenters. The number of hydrogen-bond donors (Lipinski definition) is 1. The maximum atomic E-state index is 13.6. The molecule has 0 heterocycles. The van der Waals surface area contributed by atoms with E-state index in [1.54, 1.807) is 0 Å². The molecule has 3 nitrogen and oxygen atoms in total. The van der Waals surface area contributed by atoms with Crippen LogP contribution in [0.3, 0.4) is 0 Å². The summed E-state index contributed by atoms with van der Waals surface area (Å²) in [6, 6.07) is 6.46. The minimum atomic E-state index is -4.26. The first-order valence-electron chi connectivity index (χ1n) is 5.22. The average molecular weight is 338 g/mol. The summed E-state index contributed by atoms with van der Waals surface area (Å²) in [6.07, 6.45) is 0. The van der Waals surface area contributed by atoms with E-state index in [1.165, 1.54) is 12.1 Å². The summed E-state index contributed by atoms with van der Waals surface area (Å²) in [5.41, 5.74) is -0.330. The Balaban J connectivity index is 2.41. The summed E-state index contributed by atoms with van der Waals surface area (Å²) in [7, 11) is -4.26. The Morgan fingerprint density at radius 2 is 1.45 bits per heavy atom. The summed E-state index contributed by atoms with van der Waals surface area (Å²) in [5.74, 6) is -1.89. The zero-order valence-electron chi connectivity index (χ0n) is 9.70. The Morgan fingerprint density at radius 3 is 2.00 bits per heavy atom. The van der Waals surface area contributed by atoms with Gasteiger partial charge in [-0.2, -0.15) is 0 Å². The summed E-state index contributed by atoms with van der Waals surface area (Å²) in [6.45, 7) is 0. The van der Waals surface area contributed by atoms with E-state index in [-0.39, 0.29) is 15.7 Å². The highest BCUT2D eigenvalue weighted by atomic mass is 35.5. The van der Waals surface area contributed by atoms with Crippen LogP contribution < -0.4 is 4.72 Å². The molecule has 2 rings (SSSR count). The van der Waals surface area contributed by atoms with E-state index in [0.717, 1.165) is 24.3 Å². The molecule has 8 heteroatoms. The molecule has 0 amide bonds. The molecular weight excluding hydrogens is 331 g/mol. The van der Waals surface area contributed by atoms with Gasteiger partial charge >= 0.3 is 0 Å². The van der Waals surface area contributed by atoms with Crippen LogP contribution in [0.1, 0.15) is 0 Å². The monoisotopic (exact) mass is 337 g/mol. The summed E-state index contributed by atoms with van der Waals surface area (Å²) < 4.78 is 53.0. The second-order valence-electron chi connectivity index (χ2n) is 3.80. The normalized spacial score (nSPS) is 11.4. The van der Waals surface area contributed by atoms with Crippen LogP contribution in [0.4, 0.5) is 14.5 Å². The van der Waals surface area contributed by atoms with Crippen molar-refractivity contribution in [2.75, 3.05) is 4.72 Å². The highest BCUT2D eigenvalue weighted by Gasteiger charge is 2.20. The molecule has 1 N–H and O–H groups in total. The third-order valence-corrected chi connectivity index (χ3v) is 4.23. The van der Waals surface area contributed by atoms with Gasteiger partial charge in [0.05, 0.1) is 5.69 Å². The molecule has 0 radical (unpaired) electrons. The highest BCUT2D eigenvalue weighted by molar-refractivity contribution is 7.92. The van der Waals surface area contributed by atoms with Gasteiger partial charge in [0, 0.05) is 10.0 Å². The van der Waals surface area contributed by atoms with Gasteiger partial charge in [0.25, 0.3) is 10.0 Å². The van der Waals surface area contributed by atoms with Gasteiger partial charge in [-0.05, 0) is 36.4 Å². The SMILES string of the molecule is O=S(=O)(Nc1ccc(Cl)cc1F)c1ccc(Cl)cc1F. The maximum Gasteiger partial charge on any atom is 0.264 e. The lowest BCUT2D eigenvalue weighted by Gasteiger charge is -2.10.